The van der Waals surface area contributed by atoms with Crippen LogP contribution in [0, 0.1) is 0 Å². The fourth-order valence-corrected chi connectivity index (χ4v) is 3.48. The second-order valence-electron chi connectivity index (χ2n) is 6.79. The molecule has 9 heteroatoms. The van der Waals surface area contributed by atoms with Crippen molar-refractivity contribution in [1.82, 2.24) is 15.0 Å². The number of aryl methyl sites for hydroxylation is 1. The zero-order chi connectivity index (χ0) is 22.4. The Labute approximate surface area is 189 Å². The van der Waals surface area contributed by atoms with Gasteiger partial charge in [-0.2, -0.15) is 4.98 Å². The molecule has 0 aliphatic carbocycles. The van der Waals surface area contributed by atoms with Crippen molar-refractivity contribution in [3.8, 4) is 28.6 Å². The average molecular weight is 490 g/mol. The van der Waals surface area contributed by atoms with Crippen LogP contribution < -0.4 is 14.2 Å². The maximum absolute atomic E-state index is 12.6. The van der Waals surface area contributed by atoms with E-state index in [9.17, 15) is 4.79 Å². The first-order valence-electron chi connectivity index (χ1n) is 9.56. The first-order valence-corrected chi connectivity index (χ1v) is 10.4. The second kappa shape index (κ2) is 10.3. The molecule has 3 rings (SSSR count). The molecule has 0 bridgehead atoms. The normalized spacial score (nSPS) is 10.6. The van der Waals surface area contributed by atoms with E-state index >= 15 is 0 Å². The maximum atomic E-state index is 12.6. The van der Waals surface area contributed by atoms with Gasteiger partial charge in [0.1, 0.15) is 5.75 Å². The first-order chi connectivity index (χ1) is 14.9. The van der Waals surface area contributed by atoms with Crippen molar-refractivity contribution in [2.75, 3.05) is 28.4 Å². The fraction of sp³-hybridized carbons (Fsp3) is 0.318. The van der Waals surface area contributed by atoms with E-state index < -0.39 is 0 Å². The molecule has 8 nitrogen and oxygen atoms in total. The van der Waals surface area contributed by atoms with Gasteiger partial charge in [-0.15, -0.1) is 0 Å². The van der Waals surface area contributed by atoms with Crippen LogP contribution in [0.3, 0.4) is 0 Å². The molecule has 0 aliphatic rings. The van der Waals surface area contributed by atoms with Crippen LogP contribution in [0.25, 0.3) is 11.4 Å². The van der Waals surface area contributed by atoms with Gasteiger partial charge in [0.15, 0.2) is 11.5 Å². The summed E-state index contributed by atoms with van der Waals surface area (Å²) in [5.74, 6) is 2.71. The standard InChI is InChI=1S/C22H24BrN3O5/c1-26(13-15-11-16(23)6-8-17(15)28-2)21(27)10-9-20-24-22(25-31-20)14-5-7-18(29-3)19(12-14)30-4/h5-8,11-12H,9-10,13H2,1-4H3. The van der Waals surface area contributed by atoms with Crippen LogP contribution in [0.15, 0.2) is 45.4 Å². The van der Waals surface area contributed by atoms with E-state index in [0.29, 0.717) is 36.2 Å². The molecule has 0 spiro atoms. The number of carbonyl (C=O) groups excluding carboxylic acids is 1. The molecule has 0 atom stereocenters. The number of nitrogens with zero attached hydrogens (tertiary/aromatic N) is 3. The minimum absolute atomic E-state index is 0.0344. The molecule has 0 saturated carbocycles. The number of amides is 1. The van der Waals surface area contributed by atoms with Crippen LogP contribution in [-0.2, 0) is 17.8 Å². The Balaban J connectivity index is 1.61. The van der Waals surface area contributed by atoms with E-state index in [0.717, 1.165) is 21.3 Å². The Morgan fingerprint density at radius 2 is 1.74 bits per heavy atom. The van der Waals surface area contributed by atoms with E-state index in [4.69, 9.17) is 18.7 Å². The lowest BCUT2D eigenvalue weighted by Gasteiger charge is -2.18. The third-order valence-electron chi connectivity index (χ3n) is 4.74. The predicted molar refractivity (Wildman–Crippen MR) is 118 cm³/mol. The number of rotatable bonds is 9. The molecular formula is C22H24BrN3O5. The monoisotopic (exact) mass is 489 g/mol. The Morgan fingerprint density at radius 3 is 2.45 bits per heavy atom. The summed E-state index contributed by atoms with van der Waals surface area (Å²) in [6.07, 6.45) is 0.597. The highest BCUT2D eigenvalue weighted by molar-refractivity contribution is 9.10. The Kier molecular flexibility index (Phi) is 7.51. The number of halogens is 1. The summed E-state index contributed by atoms with van der Waals surface area (Å²) in [7, 11) is 6.51. The summed E-state index contributed by atoms with van der Waals surface area (Å²) < 4.78 is 22.2. The van der Waals surface area contributed by atoms with Crippen LogP contribution in [-0.4, -0.2) is 49.3 Å². The summed E-state index contributed by atoms with van der Waals surface area (Å²) in [5, 5.41) is 4.01. The number of aromatic nitrogens is 2. The molecule has 3 aromatic rings. The van der Waals surface area contributed by atoms with Crippen LogP contribution in [0.4, 0.5) is 0 Å². The molecule has 1 heterocycles. The lowest BCUT2D eigenvalue weighted by Crippen LogP contribution is -2.26. The minimum atomic E-state index is -0.0344. The van der Waals surface area contributed by atoms with E-state index in [1.165, 1.54) is 0 Å². The van der Waals surface area contributed by atoms with Crippen LogP contribution in [0.5, 0.6) is 17.2 Å². The number of ether oxygens (including phenoxy) is 3. The highest BCUT2D eigenvalue weighted by atomic mass is 79.9. The van der Waals surface area contributed by atoms with Gasteiger partial charge < -0.3 is 23.6 Å². The van der Waals surface area contributed by atoms with Gasteiger partial charge in [-0.05, 0) is 36.4 Å². The molecule has 0 fully saturated rings. The molecule has 0 radical (unpaired) electrons. The Morgan fingerprint density at radius 1 is 1.03 bits per heavy atom. The molecule has 0 unspecified atom stereocenters. The van der Waals surface area contributed by atoms with Gasteiger partial charge >= 0.3 is 0 Å². The summed E-state index contributed by atoms with van der Waals surface area (Å²) >= 11 is 3.45. The van der Waals surface area contributed by atoms with Crippen molar-refractivity contribution in [1.29, 1.82) is 0 Å². The van der Waals surface area contributed by atoms with Gasteiger partial charge in [0, 0.05) is 42.0 Å². The lowest BCUT2D eigenvalue weighted by molar-refractivity contribution is -0.130. The number of hydrogen-bond acceptors (Lipinski definition) is 7. The van der Waals surface area contributed by atoms with Crippen molar-refractivity contribution >= 4 is 21.8 Å². The number of hydrogen-bond donors (Lipinski definition) is 0. The van der Waals surface area contributed by atoms with Crippen LogP contribution in [0.2, 0.25) is 0 Å². The number of benzene rings is 2. The van der Waals surface area contributed by atoms with E-state index in [-0.39, 0.29) is 12.3 Å². The highest BCUT2D eigenvalue weighted by Crippen LogP contribution is 2.31. The average Bonchev–Trinajstić information content (AvgIpc) is 3.26. The van der Waals surface area contributed by atoms with Gasteiger partial charge in [0.05, 0.1) is 21.3 Å². The van der Waals surface area contributed by atoms with Gasteiger partial charge in [0.25, 0.3) is 0 Å². The van der Waals surface area contributed by atoms with Crippen molar-refractivity contribution in [3.63, 3.8) is 0 Å². The van der Waals surface area contributed by atoms with Crippen molar-refractivity contribution in [2.24, 2.45) is 0 Å². The minimum Gasteiger partial charge on any atom is -0.496 e. The summed E-state index contributed by atoms with van der Waals surface area (Å²) in [6.45, 7) is 0.433. The second-order valence-corrected chi connectivity index (χ2v) is 7.70. The summed E-state index contributed by atoms with van der Waals surface area (Å²) in [4.78, 5) is 18.6. The SMILES string of the molecule is COc1ccc(Br)cc1CN(C)C(=O)CCc1nc(-c2ccc(OC)c(OC)c2)no1. The summed E-state index contributed by atoms with van der Waals surface area (Å²) in [5.41, 5.74) is 1.65. The van der Waals surface area contributed by atoms with Gasteiger partial charge in [-0.25, -0.2) is 0 Å². The summed E-state index contributed by atoms with van der Waals surface area (Å²) in [6, 6.07) is 11.1. The quantitative estimate of drug-likeness (QED) is 0.446. The van der Waals surface area contributed by atoms with Crippen LogP contribution >= 0.6 is 15.9 Å². The molecular weight excluding hydrogens is 466 g/mol. The predicted octanol–water partition coefficient (Wildman–Crippen LogP) is 4.12. The van der Waals surface area contributed by atoms with Gasteiger partial charge in [0.2, 0.25) is 17.6 Å². The molecule has 2 aromatic carbocycles. The van der Waals surface area contributed by atoms with Gasteiger partial charge in [-0.1, -0.05) is 21.1 Å². The maximum Gasteiger partial charge on any atom is 0.227 e. The Hall–Kier alpha value is -3.07. The van der Waals surface area contributed by atoms with Crippen LogP contribution in [0.1, 0.15) is 17.9 Å². The smallest absolute Gasteiger partial charge is 0.227 e. The molecule has 0 aliphatic heterocycles. The zero-order valence-corrected chi connectivity index (χ0v) is 19.4. The van der Waals surface area contributed by atoms with Crippen molar-refractivity contribution < 1.29 is 23.5 Å². The molecule has 31 heavy (non-hydrogen) atoms. The van der Waals surface area contributed by atoms with Gasteiger partial charge in [-0.3, -0.25) is 4.79 Å². The van der Waals surface area contributed by atoms with E-state index in [1.807, 2.05) is 24.3 Å². The van der Waals surface area contributed by atoms with E-state index in [2.05, 4.69) is 26.1 Å². The molecule has 1 amide bonds. The number of methoxy groups -OCH3 is 3. The van der Waals surface area contributed by atoms with Crippen molar-refractivity contribution in [2.45, 2.75) is 19.4 Å². The topological polar surface area (TPSA) is 86.9 Å². The molecule has 1 aromatic heterocycles. The highest BCUT2D eigenvalue weighted by Gasteiger charge is 2.16. The van der Waals surface area contributed by atoms with Crippen molar-refractivity contribution in [3.05, 3.63) is 52.3 Å². The lowest BCUT2D eigenvalue weighted by atomic mass is 10.1. The Bertz CT molecular complexity index is 1050. The zero-order valence-electron chi connectivity index (χ0n) is 17.8. The molecule has 164 valence electrons. The van der Waals surface area contributed by atoms with E-state index in [1.54, 1.807) is 45.4 Å². The number of carbonyl (C=O) groups is 1. The fourth-order valence-electron chi connectivity index (χ4n) is 3.07. The molecule has 0 N–H and O–H groups in total. The molecule has 0 saturated heterocycles. The third kappa shape index (κ3) is 5.55. The first kappa shape index (κ1) is 22.6. The third-order valence-corrected chi connectivity index (χ3v) is 5.23. The largest absolute Gasteiger partial charge is 0.496 e.